The van der Waals surface area contributed by atoms with Crippen molar-refractivity contribution in [1.82, 2.24) is 15.4 Å². The Kier molecular flexibility index (Phi) is 10.9. The SMILES string of the molecule is CN1CCN(c2ccccc2C(=O)C=Cc2cccc(C=CC(=O)NO)n2)CC1.Cl.Cl. The van der Waals surface area contributed by atoms with Crippen molar-refractivity contribution in [2.75, 3.05) is 38.1 Å². The summed E-state index contributed by atoms with van der Waals surface area (Å²) in [4.78, 5) is 32.8. The molecule has 0 spiro atoms. The molecule has 0 unspecified atom stereocenters. The van der Waals surface area contributed by atoms with Gasteiger partial charge in [0.05, 0.1) is 11.4 Å². The van der Waals surface area contributed by atoms with E-state index < -0.39 is 5.91 Å². The number of carbonyl (C=O) groups is 2. The zero-order chi connectivity index (χ0) is 20.6. The first-order valence-corrected chi connectivity index (χ1v) is 9.41. The summed E-state index contributed by atoms with van der Waals surface area (Å²) in [5.74, 6) is -0.717. The number of allylic oxidation sites excluding steroid dienone is 1. The molecule has 0 radical (unpaired) electrons. The fourth-order valence-electron chi connectivity index (χ4n) is 3.11. The largest absolute Gasteiger partial charge is 0.368 e. The quantitative estimate of drug-likeness (QED) is 0.295. The average molecular weight is 465 g/mol. The number of anilines is 1. The lowest BCUT2D eigenvalue weighted by molar-refractivity contribution is -0.124. The summed E-state index contributed by atoms with van der Waals surface area (Å²) in [7, 11) is 2.10. The Bertz CT molecular complexity index is 942. The van der Waals surface area contributed by atoms with Gasteiger partial charge < -0.3 is 9.80 Å². The van der Waals surface area contributed by atoms with E-state index in [1.807, 2.05) is 24.3 Å². The van der Waals surface area contributed by atoms with E-state index in [0.717, 1.165) is 31.9 Å². The predicted molar refractivity (Wildman–Crippen MR) is 127 cm³/mol. The maximum absolute atomic E-state index is 12.8. The van der Waals surface area contributed by atoms with Gasteiger partial charge in [0.25, 0.3) is 5.91 Å². The molecule has 3 rings (SSSR count). The van der Waals surface area contributed by atoms with Crippen LogP contribution in [0.3, 0.4) is 0 Å². The maximum Gasteiger partial charge on any atom is 0.267 e. The minimum Gasteiger partial charge on any atom is -0.368 e. The van der Waals surface area contributed by atoms with E-state index in [-0.39, 0.29) is 30.6 Å². The van der Waals surface area contributed by atoms with E-state index in [4.69, 9.17) is 5.21 Å². The van der Waals surface area contributed by atoms with Crippen LogP contribution >= 0.6 is 24.8 Å². The van der Waals surface area contributed by atoms with E-state index in [0.29, 0.717) is 17.0 Å². The van der Waals surface area contributed by atoms with Gasteiger partial charge in [-0.05, 0) is 49.5 Å². The number of pyridine rings is 1. The molecule has 166 valence electrons. The van der Waals surface area contributed by atoms with Gasteiger partial charge in [0.2, 0.25) is 0 Å². The van der Waals surface area contributed by atoms with Crippen molar-refractivity contribution in [2.45, 2.75) is 0 Å². The molecule has 1 fully saturated rings. The summed E-state index contributed by atoms with van der Waals surface area (Å²) in [5, 5.41) is 8.52. The van der Waals surface area contributed by atoms with Gasteiger partial charge in [-0.25, -0.2) is 10.5 Å². The predicted octanol–water partition coefficient (Wildman–Crippen LogP) is 3.09. The number of hydrogen-bond acceptors (Lipinski definition) is 6. The number of nitrogens with zero attached hydrogens (tertiary/aromatic N) is 3. The maximum atomic E-state index is 12.8. The first-order chi connectivity index (χ1) is 14.1. The molecule has 2 N–H and O–H groups in total. The fourth-order valence-corrected chi connectivity index (χ4v) is 3.11. The highest BCUT2D eigenvalue weighted by atomic mass is 35.5. The highest BCUT2D eigenvalue weighted by Crippen LogP contribution is 2.22. The first-order valence-electron chi connectivity index (χ1n) is 9.41. The van der Waals surface area contributed by atoms with Gasteiger partial charge in [-0.15, -0.1) is 24.8 Å². The first kappa shape index (κ1) is 26.3. The molecule has 0 bridgehead atoms. The number of carbonyl (C=O) groups excluding carboxylic acids is 2. The Balaban J connectivity index is 0.00000240. The van der Waals surface area contributed by atoms with Gasteiger partial charge in [0.15, 0.2) is 5.78 Å². The molecular weight excluding hydrogens is 439 g/mol. The number of likely N-dealkylation sites (N-methyl/N-ethyl adjacent to an activating group) is 1. The van der Waals surface area contributed by atoms with Crippen LogP contribution in [0.25, 0.3) is 12.2 Å². The monoisotopic (exact) mass is 464 g/mol. The van der Waals surface area contributed by atoms with Gasteiger partial charge in [-0.2, -0.15) is 0 Å². The molecule has 0 aliphatic carbocycles. The number of benzene rings is 1. The second-order valence-electron chi connectivity index (χ2n) is 6.80. The molecule has 31 heavy (non-hydrogen) atoms. The Morgan fingerprint density at radius 1 is 0.935 bits per heavy atom. The van der Waals surface area contributed by atoms with Crippen molar-refractivity contribution >= 4 is 54.3 Å². The van der Waals surface area contributed by atoms with Crippen molar-refractivity contribution in [3.63, 3.8) is 0 Å². The van der Waals surface area contributed by atoms with Gasteiger partial charge in [-0.1, -0.05) is 18.2 Å². The number of aromatic nitrogens is 1. The van der Waals surface area contributed by atoms with Crippen molar-refractivity contribution in [2.24, 2.45) is 0 Å². The third-order valence-electron chi connectivity index (χ3n) is 4.73. The van der Waals surface area contributed by atoms with Crippen molar-refractivity contribution < 1.29 is 14.8 Å². The van der Waals surface area contributed by atoms with Crippen LogP contribution in [0.4, 0.5) is 5.69 Å². The van der Waals surface area contributed by atoms with Crippen LogP contribution in [-0.2, 0) is 4.79 Å². The second-order valence-corrected chi connectivity index (χ2v) is 6.80. The minimum atomic E-state index is -0.636. The number of amides is 1. The Morgan fingerprint density at radius 2 is 1.55 bits per heavy atom. The lowest BCUT2D eigenvalue weighted by Crippen LogP contribution is -2.44. The van der Waals surface area contributed by atoms with Crippen molar-refractivity contribution in [3.05, 3.63) is 71.6 Å². The summed E-state index contributed by atoms with van der Waals surface area (Å²) in [6.45, 7) is 3.72. The molecule has 0 atom stereocenters. The third kappa shape index (κ3) is 7.48. The average Bonchev–Trinajstić information content (AvgIpc) is 2.76. The van der Waals surface area contributed by atoms with E-state index >= 15 is 0 Å². The highest BCUT2D eigenvalue weighted by Gasteiger charge is 2.18. The van der Waals surface area contributed by atoms with Gasteiger partial charge in [0.1, 0.15) is 0 Å². The van der Waals surface area contributed by atoms with Crippen LogP contribution in [0.1, 0.15) is 21.7 Å². The van der Waals surface area contributed by atoms with Crippen LogP contribution in [0, 0.1) is 0 Å². The molecule has 2 aromatic rings. The Morgan fingerprint density at radius 3 is 2.19 bits per heavy atom. The molecule has 1 aromatic heterocycles. The topological polar surface area (TPSA) is 85.8 Å². The second kappa shape index (κ2) is 12.9. The molecule has 7 nitrogen and oxygen atoms in total. The standard InChI is InChI=1S/C22H24N4O3.2ClH/c1-25-13-15-26(16-14-25)20-8-3-2-7-19(20)21(27)11-9-17-5-4-6-18(23-17)10-12-22(28)24-29;;/h2-12,29H,13-16H2,1H3,(H,24,28);2*1H. The summed E-state index contributed by atoms with van der Waals surface area (Å²) in [6, 6.07) is 12.9. The van der Waals surface area contributed by atoms with E-state index in [1.165, 1.54) is 23.7 Å². The van der Waals surface area contributed by atoms with Gasteiger partial charge >= 0.3 is 0 Å². The summed E-state index contributed by atoms with van der Waals surface area (Å²) in [6.07, 6.45) is 5.83. The van der Waals surface area contributed by atoms with Crippen LogP contribution < -0.4 is 10.4 Å². The van der Waals surface area contributed by atoms with Crippen LogP contribution in [0.5, 0.6) is 0 Å². The smallest absolute Gasteiger partial charge is 0.267 e. The van der Waals surface area contributed by atoms with Crippen LogP contribution in [0.2, 0.25) is 0 Å². The number of nitrogens with one attached hydrogen (secondary N) is 1. The van der Waals surface area contributed by atoms with Crippen molar-refractivity contribution in [1.29, 1.82) is 0 Å². The molecule has 0 saturated carbocycles. The molecule has 2 heterocycles. The Hall–Kier alpha value is -2.71. The third-order valence-corrected chi connectivity index (χ3v) is 4.73. The highest BCUT2D eigenvalue weighted by molar-refractivity contribution is 6.10. The normalized spacial score (nSPS) is 14.2. The summed E-state index contributed by atoms with van der Waals surface area (Å²) in [5.41, 5.74) is 4.29. The number of hydrogen-bond donors (Lipinski definition) is 2. The van der Waals surface area contributed by atoms with Crippen LogP contribution in [-0.4, -0.2) is 60.0 Å². The molecular formula is C22H26Cl2N4O3. The zero-order valence-corrected chi connectivity index (χ0v) is 18.7. The lowest BCUT2D eigenvalue weighted by Gasteiger charge is -2.34. The van der Waals surface area contributed by atoms with E-state index in [1.54, 1.807) is 24.3 Å². The molecule has 9 heteroatoms. The van der Waals surface area contributed by atoms with E-state index in [9.17, 15) is 9.59 Å². The summed E-state index contributed by atoms with van der Waals surface area (Å²) < 4.78 is 0. The van der Waals surface area contributed by atoms with Gasteiger partial charge in [0, 0.05) is 43.5 Å². The molecule has 1 saturated heterocycles. The molecule has 1 aliphatic rings. The fraction of sp³-hybridized carbons (Fsp3) is 0.227. The number of ketones is 1. The number of halogens is 2. The molecule has 1 aromatic carbocycles. The minimum absolute atomic E-state index is 0. The van der Waals surface area contributed by atoms with Crippen molar-refractivity contribution in [3.8, 4) is 0 Å². The Labute approximate surface area is 194 Å². The number of hydroxylamine groups is 1. The van der Waals surface area contributed by atoms with Gasteiger partial charge in [-0.3, -0.25) is 14.8 Å². The number of rotatable bonds is 6. The number of para-hydroxylation sites is 1. The number of piperazine rings is 1. The molecule has 1 amide bonds. The zero-order valence-electron chi connectivity index (χ0n) is 17.1. The van der Waals surface area contributed by atoms with E-state index in [2.05, 4.69) is 21.8 Å². The molecule has 1 aliphatic heterocycles. The lowest BCUT2D eigenvalue weighted by atomic mass is 10.1. The van der Waals surface area contributed by atoms with Crippen LogP contribution in [0.15, 0.2) is 54.6 Å². The summed E-state index contributed by atoms with van der Waals surface area (Å²) >= 11 is 0.